The summed E-state index contributed by atoms with van der Waals surface area (Å²) in [5.74, 6) is 0.451. The van der Waals surface area contributed by atoms with Gasteiger partial charge in [0, 0.05) is 7.11 Å². The van der Waals surface area contributed by atoms with Gasteiger partial charge in [0.15, 0.2) is 12.5 Å². The molecule has 1 aromatic heterocycles. The van der Waals surface area contributed by atoms with Crippen LogP contribution in [0.25, 0.3) is 0 Å². The van der Waals surface area contributed by atoms with Crippen LogP contribution in [0.1, 0.15) is 13.3 Å². The van der Waals surface area contributed by atoms with E-state index in [1.807, 2.05) is 6.92 Å². The van der Waals surface area contributed by atoms with Gasteiger partial charge in [-0.25, -0.2) is 0 Å². The fraction of sp³-hybridized carbons (Fsp3) is 0.556. The lowest BCUT2D eigenvalue weighted by Crippen LogP contribution is -2.10. The van der Waals surface area contributed by atoms with E-state index in [9.17, 15) is 0 Å². The summed E-state index contributed by atoms with van der Waals surface area (Å²) in [7, 11) is 1.50. The Bertz CT molecular complexity index is 317. The molecule has 0 saturated carbocycles. The smallest absolute Gasteiger partial charge is 0.248 e. The van der Waals surface area contributed by atoms with Crippen molar-refractivity contribution in [2.45, 2.75) is 13.3 Å². The molecule has 0 aliphatic carbocycles. The molecule has 7 heteroatoms. The molecule has 1 aromatic rings. The monoisotopic (exact) mass is 228 g/mol. The lowest BCUT2D eigenvalue weighted by atomic mass is 10.5. The Morgan fingerprint density at radius 2 is 1.75 bits per heavy atom. The van der Waals surface area contributed by atoms with Crippen molar-refractivity contribution < 1.29 is 14.2 Å². The molecule has 90 valence electrons. The quantitative estimate of drug-likeness (QED) is 0.679. The number of aromatic nitrogens is 2. The summed E-state index contributed by atoms with van der Waals surface area (Å²) in [6, 6.07) is 0. The van der Waals surface area contributed by atoms with Gasteiger partial charge in [0.1, 0.15) is 0 Å². The molecule has 1 heterocycles. The predicted molar refractivity (Wildman–Crippen MR) is 59.1 cm³/mol. The summed E-state index contributed by atoms with van der Waals surface area (Å²) in [6.07, 6.45) is 0.845. The predicted octanol–water partition coefficient (Wildman–Crippen LogP) is 0.412. The summed E-state index contributed by atoms with van der Waals surface area (Å²) in [5.41, 5.74) is 11.5. The van der Waals surface area contributed by atoms with Crippen LogP contribution >= 0.6 is 0 Å². The van der Waals surface area contributed by atoms with E-state index in [0.717, 1.165) is 6.42 Å². The molecule has 16 heavy (non-hydrogen) atoms. The number of nitrogen functional groups attached to an aromatic ring is 2. The van der Waals surface area contributed by atoms with Gasteiger partial charge in [-0.05, 0) is 6.42 Å². The molecule has 0 amide bonds. The van der Waals surface area contributed by atoms with E-state index in [1.54, 1.807) is 0 Å². The minimum absolute atomic E-state index is 0.0356. The average Bonchev–Trinajstić information content (AvgIpc) is 2.28. The van der Waals surface area contributed by atoms with Gasteiger partial charge in [-0.1, -0.05) is 6.92 Å². The Morgan fingerprint density at radius 3 is 2.31 bits per heavy atom. The van der Waals surface area contributed by atoms with Crippen LogP contribution in [0.4, 0.5) is 11.6 Å². The van der Waals surface area contributed by atoms with Crippen molar-refractivity contribution in [1.82, 2.24) is 9.97 Å². The van der Waals surface area contributed by atoms with Crippen LogP contribution in [-0.4, -0.2) is 30.5 Å². The Labute approximate surface area is 93.7 Å². The van der Waals surface area contributed by atoms with Crippen LogP contribution in [0.5, 0.6) is 11.8 Å². The van der Waals surface area contributed by atoms with Crippen molar-refractivity contribution in [2.24, 2.45) is 0 Å². The molecule has 7 nitrogen and oxygen atoms in total. The number of nitrogens with two attached hydrogens (primary N) is 2. The first-order valence-corrected chi connectivity index (χ1v) is 4.86. The standard InChI is InChI=1S/C9H16N4O3/c1-3-4-15-7-6(10)8(16-5-14-2)13-9(11)12-7/h3-5,10H2,1-2H3,(H2,11,12,13). The molecule has 0 saturated heterocycles. The maximum Gasteiger partial charge on any atom is 0.248 e. The number of rotatable bonds is 6. The third kappa shape index (κ3) is 3.13. The lowest BCUT2D eigenvalue weighted by molar-refractivity contribution is 0.0482. The SMILES string of the molecule is CCCOc1nc(N)nc(OCOC)c1N. The van der Waals surface area contributed by atoms with Gasteiger partial charge in [0.25, 0.3) is 0 Å². The van der Waals surface area contributed by atoms with E-state index in [0.29, 0.717) is 6.61 Å². The van der Waals surface area contributed by atoms with Gasteiger partial charge in [-0.3, -0.25) is 0 Å². The fourth-order valence-corrected chi connectivity index (χ4v) is 0.979. The molecule has 0 fully saturated rings. The molecule has 0 atom stereocenters. The van der Waals surface area contributed by atoms with E-state index in [1.165, 1.54) is 7.11 Å². The van der Waals surface area contributed by atoms with Crippen molar-refractivity contribution in [3.8, 4) is 11.8 Å². The van der Waals surface area contributed by atoms with Crippen LogP contribution in [-0.2, 0) is 4.74 Å². The maximum absolute atomic E-state index is 5.75. The lowest BCUT2D eigenvalue weighted by Gasteiger charge is -2.11. The van der Waals surface area contributed by atoms with Crippen LogP contribution in [0, 0.1) is 0 Å². The number of nitrogens with zero attached hydrogens (tertiary/aromatic N) is 2. The van der Waals surface area contributed by atoms with E-state index >= 15 is 0 Å². The number of ether oxygens (including phenoxy) is 3. The average molecular weight is 228 g/mol. The van der Waals surface area contributed by atoms with Crippen molar-refractivity contribution in [3.63, 3.8) is 0 Å². The van der Waals surface area contributed by atoms with Crippen LogP contribution in [0.15, 0.2) is 0 Å². The molecule has 0 aliphatic heterocycles. The normalized spacial score (nSPS) is 10.1. The molecule has 1 rings (SSSR count). The Kier molecular flexibility index (Phi) is 4.59. The van der Waals surface area contributed by atoms with Gasteiger partial charge in [0.2, 0.25) is 17.7 Å². The number of anilines is 2. The zero-order valence-corrected chi connectivity index (χ0v) is 9.40. The highest BCUT2D eigenvalue weighted by atomic mass is 16.7. The van der Waals surface area contributed by atoms with Crippen molar-refractivity contribution in [3.05, 3.63) is 0 Å². The van der Waals surface area contributed by atoms with Gasteiger partial charge < -0.3 is 25.7 Å². The minimum Gasteiger partial charge on any atom is -0.476 e. The minimum atomic E-state index is 0.0356. The topological polar surface area (TPSA) is 106 Å². The van der Waals surface area contributed by atoms with Crippen LogP contribution in [0.2, 0.25) is 0 Å². The Balaban J connectivity index is 2.86. The second kappa shape index (κ2) is 5.96. The van der Waals surface area contributed by atoms with Gasteiger partial charge in [-0.2, -0.15) is 9.97 Å². The molecule has 0 unspecified atom stereocenters. The second-order valence-electron chi connectivity index (χ2n) is 3.01. The summed E-state index contributed by atoms with van der Waals surface area (Å²) < 4.78 is 15.2. The molecule has 0 spiro atoms. The largest absolute Gasteiger partial charge is 0.476 e. The number of methoxy groups -OCH3 is 1. The third-order valence-electron chi connectivity index (χ3n) is 1.65. The number of hydrogen-bond acceptors (Lipinski definition) is 7. The first-order chi connectivity index (χ1) is 7.69. The molecule has 0 bridgehead atoms. The van der Waals surface area contributed by atoms with E-state index in [2.05, 4.69) is 9.97 Å². The zero-order chi connectivity index (χ0) is 12.0. The zero-order valence-electron chi connectivity index (χ0n) is 9.40. The highest BCUT2D eigenvalue weighted by Gasteiger charge is 2.12. The Morgan fingerprint density at radius 1 is 1.12 bits per heavy atom. The summed E-state index contributed by atoms with van der Waals surface area (Å²) in [4.78, 5) is 7.72. The summed E-state index contributed by atoms with van der Waals surface area (Å²) >= 11 is 0. The van der Waals surface area contributed by atoms with Crippen molar-refractivity contribution in [2.75, 3.05) is 32.0 Å². The summed E-state index contributed by atoms with van der Waals surface area (Å²) in [5, 5.41) is 0. The Hall–Kier alpha value is -1.76. The van der Waals surface area contributed by atoms with Crippen LogP contribution in [0.3, 0.4) is 0 Å². The van der Waals surface area contributed by atoms with Gasteiger partial charge in [-0.15, -0.1) is 0 Å². The van der Waals surface area contributed by atoms with Gasteiger partial charge >= 0.3 is 0 Å². The van der Waals surface area contributed by atoms with Crippen molar-refractivity contribution >= 4 is 11.6 Å². The fourth-order valence-electron chi connectivity index (χ4n) is 0.979. The van der Waals surface area contributed by atoms with E-state index in [-0.39, 0.29) is 30.2 Å². The molecule has 0 aliphatic rings. The first kappa shape index (κ1) is 12.3. The van der Waals surface area contributed by atoms with Gasteiger partial charge in [0.05, 0.1) is 6.61 Å². The molecule has 0 radical (unpaired) electrons. The highest BCUT2D eigenvalue weighted by molar-refractivity contribution is 5.58. The van der Waals surface area contributed by atoms with Crippen LogP contribution < -0.4 is 20.9 Å². The molecular weight excluding hydrogens is 212 g/mol. The summed E-state index contributed by atoms with van der Waals surface area (Å²) in [6.45, 7) is 2.52. The molecule has 0 aromatic carbocycles. The van der Waals surface area contributed by atoms with Crippen molar-refractivity contribution in [1.29, 1.82) is 0 Å². The highest BCUT2D eigenvalue weighted by Crippen LogP contribution is 2.28. The third-order valence-corrected chi connectivity index (χ3v) is 1.65. The van der Waals surface area contributed by atoms with E-state index < -0.39 is 0 Å². The second-order valence-corrected chi connectivity index (χ2v) is 3.01. The first-order valence-electron chi connectivity index (χ1n) is 4.86. The maximum atomic E-state index is 5.75. The van der Waals surface area contributed by atoms with E-state index in [4.69, 9.17) is 25.7 Å². The molecular formula is C9H16N4O3. The number of hydrogen-bond donors (Lipinski definition) is 2. The molecule has 4 N–H and O–H groups in total.